The van der Waals surface area contributed by atoms with Crippen LogP contribution in [0.2, 0.25) is 0 Å². The smallest absolute Gasteiger partial charge is 0.00215 e. The van der Waals surface area contributed by atoms with Crippen LogP contribution in [0.25, 0.3) is 0 Å². The molecule has 1 aromatic rings. The first-order valence-corrected chi connectivity index (χ1v) is 8.32. The van der Waals surface area contributed by atoms with Crippen molar-refractivity contribution in [3.8, 4) is 0 Å². The fourth-order valence-electron chi connectivity index (χ4n) is 4.12. The second kappa shape index (κ2) is 5.54. The molecule has 1 aliphatic carbocycles. The maximum absolute atomic E-state index is 2.54. The molecule has 0 aliphatic heterocycles. The van der Waals surface area contributed by atoms with Crippen molar-refractivity contribution in [2.45, 2.75) is 78.6 Å². The molecule has 0 radical (unpaired) electrons. The monoisotopic (exact) mass is 272 g/mol. The molecular formula is C20H32. The van der Waals surface area contributed by atoms with Crippen molar-refractivity contribution >= 4 is 0 Å². The van der Waals surface area contributed by atoms with Crippen molar-refractivity contribution in [1.82, 2.24) is 0 Å². The summed E-state index contributed by atoms with van der Waals surface area (Å²) in [5.41, 5.74) is 2.86. The van der Waals surface area contributed by atoms with E-state index < -0.39 is 0 Å². The third-order valence-electron chi connectivity index (χ3n) is 5.80. The molecule has 1 aromatic carbocycles. The van der Waals surface area contributed by atoms with Crippen LogP contribution in [-0.4, -0.2) is 0 Å². The van der Waals surface area contributed by atoms with E-state index in [0.717, 1.165) is 0 Å². The molecule has 0 saturated heterocycles. The molecule has 2 rings (SSSR count). The van der Waals surface area contributed by atoms with Gasteiger partial charge in [-0.05, 0) is 47.5 Å². The number of rotatable bonds is 4. The minimum Gasteiger partial charge on any atom is -0.0622 e. The van der Waals surface area contributed by atoms with E-state index in [2.05, 4.69) is 65.0 Å². The van der Waals surface area contributed by atoms with Crippen LogP contribution in [0.4, 0.5) is 0 Å². The summed E-state index contributed by atoms with van der Waals surface area (Å²) in [6, 6.07) is 11.2. The summed E-state index contributed by atoms with van der Waals surface area (Å²) < 4.78 is 0. The van der Waals surface area contributed by atoms with Gasteiger partial charge >= 0.3 is 0 Å². The van der Waals surface area contributed by atoms with Crippen molar-refractivity contribution in [3.05, 3.63) is 35.9 Å². The normalized spacial score (nSPS) is 30.6. The molecule has 1 fully saturated rings. The molecular weight excluding hydrogens is 240 g/mol. The average molecular weight is 272 g/mol. The van der Waals surface area contributed by atoms with Gasteiger partial charge in [-0.15, -0.1) is 0 Å². The zero-order chi connectivity index (χ0) is 14.9. The van der Waals surface area contributed by atoms with Crippen molar-refractivity contribution in [2.75, 3.05) is 0 Å². The molecule has 1 aliphatic rings. The topological polar surface area (TPSA) is 0 Å². The lowest BCUT2D eigenvalue weighted by Gasteiger charge is -2.42. The second-order valence-electron chi connectivity index (χ2n) is 8.53. The standard InChI is InChI=1S/C20H32/c1-18(2,3)13-9-14-19(4)15-10-16-20(19,5)17-11-7-6-8-12-17/h6-8,11-12H,9-10,13-16H2,1-5H3/t19-,20-/m1/s1. The predicted molar refractivity (Wildman–Crippen MR) is 89.1 cm³/mol. The highest BCUT2D eigenvalue weighted by Crippen LogP contribution is 2.56. The Morgan fingerprint density at radius 3 is 2.25 bits per heavy atom. The van der Waals surface area contributed by atoms with Gasteiger partial charge in [0.2, 0.25) is 0 Å². The molecule has 0 heteroatoms. The summed E-state index contributed by atoms with van der Waals surface area (Å²) in [4.78, 5) is 0. The molecule has 0 amide bonds. The molecule has 2 atom stereocenters. The number of benzene rings is 1. The van der Waals surface area contributed by atoms with Crippen LogP contribution in [0, 0.1) is 10.8 Å². The molecule has 0 spiro atoms. The van der Waals surface area contributed by atoms with Gasteiger partial charge in [0.1, 0.15) is 0 Å². The highest BCUT2D eigenvalue weighted by molar-refractivity contribution is 5.29. The summed E-state index contributed by atoms with van der Waals surface area (Å²) >= 11 is 0. The Hall–Kier alpha value is -0.780. The molecule has 1 saturated carbocycles. The van der Waals surface area contributed by atoms with Crippen LogP contribution in [0.5, 0.6) is 0 Å². The fraction of sp³-hybridized carbons (Fsp3) is 0.700. The maximum Gasteiger partial charge on any atom is -0.00215 e. The zero-order valence-corrected chi connectivity index (χ0v) is 14.1. The molecule has 112 valence electrons. The summed E-state index contributed by atoms with van der Waals surface area (Å²) in [5, 5.41) is 0. The average Bonchev–Trinajstić information content (AvgIpc) is 2.66. The summed E-state index contributed by atoms with van der Waals surface area (Å²) in [6.07, 6.45) is 8.20. The zero-order valence-electron chi connectivity index (χ0n) is 14.1. The van der Waals surface area contributed by atoms with Crippen LogP contribution >= 0.6 is 0 Å². The lowest BCUT2D eigenvalue weighted by Crippen LogP contribution is -2.36. The quantitative estimate of drug-likeness (QED) is 0.599. The fourth-order valence-corrected chi connectivity index (χ4v) is 4.12. The Morgan fingerprint density at radius 2 is 1.65 bits per heavy atom. The summed E-state index contributed by atoms with van der Waals surface area (Å²) in [6.45, 7) is 12.1. The van der Waals surface area contributed by atoms with Gasteiger partial charge in [-0.3, -0.25) is 0 Å². The van der Waals surface area contributed by atoms with Gasteiger partial charge in [0.05, 0.1) is 0 Å². The third kappa shape index (κ3) is 3.10. The van der Waals surface area contributed by atoms with E-state index in [4.69, 9.17) is 0 Å². The van der Waals surface area contributed by atoms with Crippen LogP contribution in [-0.2, 0) is 5.41 Å². The molecule has 0 aromatic heterocycles. The summed E-state index contributed by atoms with van der Waals surface area (Å²) in [7, 11) is 0. The van der Waals surface area contributed by atoms with E-state index in [1.54, 1.807) is 5.56 Å². The second-order valence-corrected chi connectivity index (χ2v) is 8.53. The molecule has 0 nitrogen and oxygen atoms in total. The van der Waals surface area contributed by atoms with Crippen LogP contribution < -0.4 is 0 Å². The van der Waals surface area contributed by atoms with Gasteiger partial charge < -0.3 is 0 Å². The molecule has 0 bridgehead atoms. The first kappa shape index (κ1) is 15.6. The Balaban J connectivity index is 2.13. The van der Waals surface area contributed by atoms with Gasteiger partial charge in [-0.2, -0.15) is 0 Å². The Kier molecular flexibility index (Phi) is 4.33. The van der Waals surface area contributed by atoms with E-state index in [1.165, 1.54) is 38.5 Å². The van der Waals surface area contributed by atoms with E-state index in [9.17, 15) is 0 Å². The largest absolute Gasteiger partial charge is 0.0622 e. The van der Waals surface area contributed by atoms with Gasteiger partial charge in [0.15, 0.2) is 0 Å². The predicted octanol–water partition coefficient (Wildman–Crippen LogP) is 6.35. The first-order chi connectivity index (χ1) is 9.27. The number of hydrogen-bond acceptors (Lipinski definition) is 0. The van der Waals surface area contributed by atoms with E-state index >= 15 is 0 Å². The van der Waals surface area contributed by atoms with Gasteiger partial charge in [0.25, 0.3) is 0 Å². The molecule has 0 N–H and O–H groups in total. The van der Waals surface area contributed by atoms with Crippen molar-refractivity contribution in [3.63, 3.8) is 0 Å². The highest BCUT2D eigenvalue weighted by atomic mass is 14.5. The van der Waals surface area contributed by atoms with Crippen LogP contribution in [0.15, 0.2) is 30.3 Å². The van der Waals surface area contributed by atoms with E-state index in [1.807, 2.05) is 0 Å². The Morgan fingerprint density at radius 1 is 1.00 bits per heavy atom. The number of hydrogen-bond donors (Lipinski definition) is 0. The highest BCUT2D eigenvalue weighted by Gasteiger charge is 2.48. The SMILES string of the molecule is CC(C)(C)CCC[C@]1(C)CCC[C@]1(C)c1ccccc1. The molecule has 20 heavy (non-hydrogen) atoms. The van der Waals surface area contributed by atoms with E-state index in [-0.39, 0.29) is 0 Å². The lowest BCUT2D eigenvalue weighted by molar-refractivity contribution is 0.165. The van der Waals surface area contributed by atoms with Crippen LogP contribution in [0.1, 0.15) is 78.7 Å². The van der Waals surface area contributed by atoms with E-state index in [0.29, 0.717) is 16.2 Å². The molecule has 0 heterocycles. The van der Waals surface area contributed by atoms with Gasteiger partial charge in [0, 0.05) is 0 Å². The Bertz CT molecular complexity index is 425. The Labute approximate surface area is 126 Å². The lowest BCUT2D eigenvalue weighted by atomic mass is 9.62. The van der Waals surface area contributed by atoms with Crippen molar-refractivity contribution in [1.29, 1.82) is 0 Å². The maximum atomic E-state index is 2.54. The van der Waals surface area contributed by atoms with Crippen molar-refractivity contribution in [2.24, 2.45) is 10.8 Å². The third-order valence-corrected chi connectivity index (χ3v) is 5.80. The van der Waals surface area contributed by atoms with Gasteiger partial charge in [-0.1, -0.05) is 77.8 Å². The van der Waals surface area contributed by atoms with Crippen LogP contribution in [0.3, 0.4) is 0 Å². The minimum atomic E-state index is 0.367. The summed E-state index contributed by atoms with van der Waals surface area (Å²) in [5.74, 6) is 0. The molecule has 0 unspecified atom stereocenters. The first-order valence-electron chi connectivity index (χ1n) is 8.32. The minimum absolute atomic E-state index is 0.367. The van der Waals surface area contributed by atoms with Gasteiger partial charge in [-0.25, -0.2) is 0 Å². The van der Waals surface area contributed by atoms with Crippen molar-refractivity contribution < 1.29 is 0 Å².